The molecule has 8 nitrogen and oxygen atoms in total. The molecule has 4 rings (SSSR count). The zero-order valence-corrected chi connectivity index (χ0v) is 18.8. The lowest BCUT2D eigenvalue weighted by Crippen LogP contribution is -2.48. The number of ether oxygens (including phenoxy) is 4. The molecule has 1 fully saturated rings. The Hall–Kier alpha value is -3.20. The van der Waals surface area contributed by atoms with Crippen molar-refractivity contribution in [2.24, 2.45) is 0 Å². The Morgan fingerprint density at radius 2 is 1.55 bits per heavy atom. The van der Waals surface area contributed by atoms with Crippen LogP contribution in [0.4, 0.5) is 5.13 Å². The molecule has 31 heavy (non-hydrogen) atoms. The summed E-state index contributed by atoms with van der Waals surface area (Å²) >= 11 is 1.57. The summed E-state index contributed by atoms with van der Waals surface area (Å²) in [5.74, 6) is 2.61. The molecule has 1 aliphatic rings. The molecule has 0 atom stereocenters. The number of hydrogen-bond acceptors (Lipinski definition) is 8. The Kier molecular flexibility index (Phi) is 6.03. The predicted molar refractivity (Wildman–Crippen MR) is 120 cm³/mol. The van der Waals surface area contributed by atoms with E-state index in [9.17, 15) is 4.79 Å². The molecule has 0 unspecified atom stereocenters. The molecule has 1 amide bonds. The van der Waals surface area contributed by atoms with E-state index < -0.39 is 0 Å². The van der Waals surface area contributed by atoms with Gasteiger partial charge in [-0.1, -0.05) is 11.3 Å². The average Bonchev–Trinajstić information content (AvgIpc) is 3.28. The number of amides is 1. The first-order valence-electron chi connectivity index (χ1n) is 9.87. The molecule has 2 heterocycles. The summed E-state index contributed by atoms with van der Waals surface area (Å²) in [5.41, 5.74) is 1.33. The first-order chi connectivity index (χ1) is 15.1. The SMILES string of the molecule is COc1ccc(C(=O)N2CCN(c3nc4c(OC)ccc(OC)c4s3)CC2)c(OC)c1. The third kappa shape index (κ3) is 3.93. The maximum Gasteiger partial charge on any atom is 0.257 e. The van der Waals surface area contributed by atoms with E-state index in [4.69, 9.17) is 23.9 Å². The topological polar surface area (TPSA) is 73.4 Å². The summed E-state index contributed by atoms with van der Waals surface area (Å²) in [7, 11) is 6.43. The number of carbonyl (C=O) groups excluding carboxylic acids is 1. The lowest BCUT2D eigenvalue weighted by atomic mass is 10.1. The summed E-state index contributed by atoms with van der Waals surface area (Å²) in [6, 6.07) is 9.00. The highest BCUT2D eigenvalue weighted by Crippen LogP contribution is 2.40. The van der Waals surface area contributed by atoms with Crippen LogP contribution < -0.4 is 23.8 Å². The molecule has 0 N–H and O–H groups in total. The predicted octanol–water partition coefficient (Wildman–Crippen LogP) is 3.29. The number of nitrogens with zero attached hydrogens (tertiary/aromatic N) is 3. The summed E-state index contributed by atoms with van der Waals surface area (Å²) in [5, 5.41) is 0.895. The molecule has 0 saturated carbocycles. The van der Waals surface area contributed by atoms with Gasteiger partial charge in [-0.3, -0.25) is 4.79 Å². The van der Waals surface area contributed by atoms with Gasteiger partial charge in [0.05, 0.1) is 34.0 Å². The molecule has 1 aliphatic heterocycles. The van der Waals surface area contributed by atoms with Crippen molar-refractivity contribution in [1.29, 1.82) is 0 Å². The quantitative estimate of drug-likeness (QED) is 0.579. The smallest absolute Gasteiger partial charge is 0.257 e. The van der Waals surface area contributed by atoms with Crippen LogP contribution in [0.2, 0.25) is 0 Å². The van der Waals surface area contributed by atoms with Crippen LogP contribution in [-0.2, 0) is 0 Å². The van der Waals surface area contributed by atoms with Crippen LogP contribution in [-0.4, -0.2) is 70.4 Å². The molecule has 1 saturated heterocycles. The largest absolute Gasteiger partial charge is 0.497 e. The van der Waals surface area contributed by atoms with Gasteiger partial charge in [-0.25, -0.2) is 4.98 Å². The van der Waals surface area contributed by atoms with Crippen molar-refractivity contribution < 1.29 is 23.7 Å². The zero-order chi connectivity index (χ0) is 22.0. The molecule has 2 aromatic carbocycles. The Balaban J connectivity index is 1.51. The number of fused-ring (bicyclic) bond motifs is 1. The molecule has 0 spiro atoms. The number of anilines is 1. The van der Waals surface area contributed by atoms with Gasteiger partial charge in [-0.15, -0.1) is 0 Å². The molecule has 0 radical (unpaired) electrons. The van der Waals surface area contributed by atoms with Crippen LogP contribution in [0, 0.1) is 0 Å². The van der Waals surface area contributed by atoms with Crippen molar-refractivity contribution in [3.05, 3.63) is 35.9 Å². The van der Waals surface area contributed by atoms with E-state index >= 15 is 0 Å². The van der Waals surface area contributed by atoms with Crippen LogP contribution in [0.3, 0.4) is 0 Å². The van der Waals surface area contributed by atoms with E-state index in [2.05, 4.69) is 4.90 Å². The summed E-state index contributed by atoms with van der Waals surface area (Å²) in [4.78, 5) is 21.9. The van der Waals surface area contributed by atoms with Gasteiger partial charge < -0.3 is 28.7 Å². The van der Waals surface area contributed by atoms with Crippen molar-refractivity contribution in [3.8, 4) is 23.0 Å². The highest BCUT2D eigenvalue weighted by Gasteiger charge is 2.26. The second-order valence-electron chi connectivity index (χ2n) is 6.99. The van der Waals surface area contributed by atoms with Gasteiger partial charge in [0.25, 0.3) is 5.91 Å². The number of methoxy groups -OCH3 is 4. The van der Waals surface area contributed by atoms with E-state index in [1.54, 1.807) is 58.0 Å². The number of piperazine rings is 1. The Labute approximate surface area is 184 Å². The second kappa shape index (κ2) is 8.89. The van der Waals surface area contributed by atoms with Crippen molar-refractivity contribution in [2.75, 3.05) is 59.5 Å². The summed E-state index contributed by atoms with van der Waals surface area (Å²) < 4.78 is 22.5. The normalized spacial score (nSPS) is 13.9. The molecule has 0 aliphatic carbocycles. The highest BCUT2D eigenvalue weighted by atomic mass is 32.1. The Morgan fingerprint density at radius 1 is 0.871 bits per heavy atom. The van der Waals surface area contributed by atoms with Crippen molar-refractivity contribution >= 4 is 32.6 Å². The third-order valence-corrected chi connectivity index (χ3v) is 6.51. The fraction of sp³-hybridized carbons (Fsp3) is 0.364. The fourth-order valence-electron chi connectivity index (χ4n) is 3.66. The van der Waals surface area contributed by atoms with Gasteiger partial charge in [-0.05, 0) is 24.3 Å². The number of hydrogen-bond donors (Lipinski definition) is 0. The maximum absolute atomic E-state index is 13.1. The minimum absolute atomic E-state index is 0.0493. The van der Waals surface area contributed by atoms with Crippen LogP contribution in [0.15, 0.2) is 30.3 Å². The van der Waals surface area contributed by atoms with Crippen LogP contribution in [0.5, 0.6) is 23.0 Å². The zero-order valence-electron chi connectivity index (χ0n) is 18.0. The molecule has 0 bridgehead atoms. The Bertz CT molecular complexity index is 1050. The van der Waals surface area contributed by atoms with Crippen LogP contribution in [0.1, 0.15) is 10.4 Å². The van der Waals surface area contributed by atoms with E-state index in [0.717, 1.165) is 26.8 Å². The minimum Gasteiger partial charge on any atom is -0.497 e. The molecule has 1 aromatic heterocycles. The lowest BCUT2D eigenvalue weighted by Gasteiger charge is -2.34. The van der Waals surface area contributed by atoms with Crippen molar-refractivity contribution in [2.45, 2.75) is 0 Å². The van der Waals surface area contributed by atoms with Crippen molar-refractivity contribution in [3.63, 3.8) is 0 Å². The number of rotatable bonds is 6. The summed E-state index contributed by atoms with van der Waals surface area (Å²) in [6.07, 6.45) is 0. The van der Waals surface area contributed by atoms with E-state index in [0.29, 0.717) is 43.2 Å². The average molecular weight is 444 g/mol. The van der Waals surface area contributed by atoms with Gasteiger partial charge >= 0.3 is 0 Å². The number of aromatic nitrogens is 1. The molecule has 3 aromatic rings. The standard InChI is InChI=1S/C22H25N3O5S/c1-27-14-5-6-15(18(13-14)30-4)21(26)24-9-11-25(12-10-24)22-23-19-16(28-2)7-8-17(29-3)20(19)31-22/h5-8,13H,9-12H2,1-4H3. The van der Waals surface area contributed by atoms with E-state index in [-0.39, 0.29) is 5.91 Å². The van der Waals surface area contributed by atoms with Gasteiger partial charge in [0, 0.05) is 32.2 Å². The van der Waals surface area contributed by atoms with E-state index in [1.807, 2.05) is 17.0 Å². The van der Waals surface area contributed by atoms with Gasteiger partial charge in [0.15, 0.2) is 5.13 Å². The van der Waals surface area contributed by atoms with Gasteiger partial charge in [0.2, 0.25) is 0 Å². The first-order valence-corrected chi connectivity index (χ1v) is 10.7. The van der Waals surface area contributed by atoms with Gasteiger partial charge in [-0.2, -0.15) is 0 Å². The van der Waals surface area contributed by atoms with E-state index in [1.165, 1.54) is 0 Å². The molecular formula is C22H25N3O5S. The third-order valence-electron chi connectivity index (χ3n) is 5.38. The lowest BCUT2D eigenvalue weighted by molar-refractivity contribution is 0.0743. The number of benzene rings is 2. The Morgan fingerprint density at radius 3 is 2.19 bits per heavy atom. The molecule has 9 heteroatoms. The monoisotopic (exact) mass is 443 g/mol. The number of thiazole rings is 1. The minimum atomic E-state index is -0.0493. The number of carbonyl (C=O) groups is 1. The highest BCUT2D eigenvalue weighted by molar-refractivity contribution is 7.22. The summed E-state index contributed by atoms with van der Waals surface area (Å²) in [6.45, 7) is 2.57. The molecule has 164 valence electrons. The fourth-order valence-corrected chi connectivity index (χ4v) is 4.78. The van der Waals surface area contributed by atoms with Crippen LogP contribution >= 0.6 is 11.3 Å². The van der Waals surface area contributed by atoms with Gasteiger partial charge in [0.1, 0.15) is 33.2 Å². The first kappa shape index (κ1) is 21.0. The second-order valence-corrected chi connectivity index (χ2v) is 7.97. The maximum atomic E-state index is 13.1. The van der Waals surface area contributed by atoms with Crippen molar-refractivity contribution in [1.82, 2.24) is 9.88 Å². The van der Waals surface area contributed by atoms with Crippen LogP contribution in [0.25, 0.3) is 10.2 Å². The molecular weight excluding hydrogens is 418 g/mol.